The van der Waals surface area contributed by atoms with E-state index in [4.69, 9.17) is 11.6 Å². The van der Waals surface area contributed by atoms with Gasteiger partial charge in [0, 0.05) is 18.7 Å². The smallest absolute Gasteiger partial charge is 0.134 e. The summed E-state index contributed by atoms with van der Waals surface area (Å²) in [6, 6.07) is 2.26. The van der Waals surface area contributed by atoms with Gasteiger partial charge in [-0.2, -0.15) is 0 Å². The van der Waals surface area contributed by atoms with Crippen molar-refractivity contribution in [2.24, 2.45) is 0 Å². The van der Waals surface area contributed by atoms with E-state index in [0.29, 0.717) is 23.6 Å². The molecule has 0 atom stereocenters. The fraction of sp³-hybridized carbons (Fsp3) is 0.692. The van der Waals surface area contributed by atoms with Crippen molar-refractivity contribution in [3.05, 3.63) is 17.0 Å². The molecule has 18 heavy (non-hydrogen) atoms. The first-order valence-corrected chi connectivity index (χ1v) is 6.97. The Bertz CT molecular complexity index is 374. The van der Waals surface area contributed by atoms with Gasteiger partial charge in [0.1, 0.15) is 16.8 Å². The summed E-state index contributed by atoms with van der Waals surface area (Å²) < 4.78 is 0. The van der Waals surface area contributed by atoms with Crippen molar-refractivity contribution in [3.63, 3.8) is 0 Å². The van der Waals surface area contributed by atoms with Crippen LogP contribution in [0.4, 0.5) is 5.82 Å². The molecule has 1 aromatic heterocycles. The summed E-state index contributed by atoms with van der Waals surface area (Å²) in [6.07, 6.45) is 6.16. The number of aliphatic hydroxyl groups is 1. The molecule has 0 unspecified atom stereocenters. The van der Waals surface area contributed by atoms with Gasteiger partial charge in [0.2, 0.25) is 0 Å². The number of hydrogen-bond donors (Lipinski definition) is 1. The van der Waals surface area contributed by atoms with Crippen LogP contribution >= 0.6 is 11.6 Å². The fourth-order valence-electron chi connectivity index (χ4n) is 2.65. The highest BCUT2D eigenvalue weighted by molar-refractivity contribution is 6.29. The summed E-state index contributed by atoms with van der Waals surface area (Å²) in [6.45, 7) is 2.59. The zero-order valence-electron chi connectivity index (χ0n) is 10.8. The number of rotatable bonds is 4. The van der Waals surface area contributed by atoms with Gasteiger partial charge in [0.05, 0.1) is 6.61 Å². The van der Waals surface area contributed by atoms with Crippen LogP contribution in [-0.2, 0) is 0 Å². The van der Waals surface area contributed by atoms with Crippen LogP contribution < -0.4 is 4.90 Å². The third-order valence-electron chi connectivity index (χ3n) is 3.44. The number of anilines is 1. The van der Waals surface area contributed by atoms with Gasteiger partial charge < -0.3 is 10.0 Å². The van der Waals surface area contributed by atoms with E-state index in [9.17, 15) is 5.11 Å². The number of hydrogen-bond acceptors (Lipinski definition) is 4. The van der Waals surface area contributed by atoms with Gasteiger partial charge in [0.15, 0.2) is 0 Å². The highest BCUT2D eigenvalue weighted by Crippen LogP contribution is 2.27. The summed E-state index contributed by atoms with van der Waals surface area (Å²) in [5, 5.41) is 9.72. The van der Waals surface area contributed by atoms with Crippen LogP contribution in [0.2, 0.25) is 5.15 Å². The van der Waals surface area contributed by atoms with Crippen LogP contribution in [0, 0.1) is 6.92 Å². The van der Waals surface area contributed by atoms with E-state index in [0.717, 1.165) is 5.82 Å². The summed E-state index contributed by atoms with van der Waals surface area (Å²) in [7, 11) is 0. The van der Waals surface area contributed by atoms with E-state index in [1.807, 2.05) is 6.92 Å². The maximum absolute atomic E-state index is 9.25. The van der Waals surface area contributed by atoms with E-state index in [-0.39, 0.29) is 6.61 Å². The third-order valence-corrected chi connectivity index (χ3v) is 3.64. The Morgan fingerprint density at radius 2 is 2.06 bits per heavy atom. The molecule has 1 heterocycles. The Morgan fingerprint density at radius 1 is 1.33 bits per heavy atom. The minimum absolute atomic E-state index is 0.136. The van der Waals surface area contributed by atoms with Gasteiger partial charge in [-0.05, 0) is 19.8 Å². The zero-order valence-corrected chi connectivity index (χ0v) is 11.5. The Balaban J connectivity index is 2.22. The van der Waals surface area contributed by atoms with Crippen LogP contribution in [0.1, 0.15) is 37.9 Å². The van der Waals surface area contributed by atoms with E-state index < -0.39 is 0 Å². The molecule has 5 heteroatoms. The van der Waals surface area contributed by atoms with Gasteiger partial charge in [-0.15, -0.1) is 0 Å². The molecule has 1 N–H and O–H groups in total. The van der Waals surface area contributed by atoms with Crippen LogP contribution in [0.25, 0.3) is 0 Å². The molecule has 0 bridgehead atoms. The van der Waals surface area contributed by atoms with Gasteiger partial charge in [-0.1, -0.05) is 30.9 Å². The minimum Gasteiger partial charge on any atom is -0.395 e. The maximum Gasteiger partial charge on any atom is 0.134 e. The Morgan fingerprint density at radius 3 is 2.67 bits per heavy atom. The van der Waals surface area contributed by atoms with Crippen LogP contribution in [0.5, 0.6) is 0 Å². The van der Waals surface area contributed by atoms with Crippen molar-refractivity contribution in [1.29, 1.82) is 0 Å². The van der Waals surface area contributed by atoms with Crippen LogP contribution in [0.3, 0.4) is 0 Å². The molecule has 1 saturated carbocycles. The SMILES string of the molecule is Cc1nc(Cl)cc(N(CCO)C2CCCCC2)n1. The molecule has 0 aromatic carbocycles. The molecule has 0 radical (unpaired) electrons. The molecular weight excluding hydrogens is 250 g/mol. The van der Waals surface area contributed by atoms with Crippen molar-refractivity contribution < 1.29 is 5.11 Å². The van der Waals surface area contributed by atoms with Crippen molar-refractivity contribution in [2.45, 2.75) is 45.1 Å². The number of aryl methyl sites for hydroxylation is 1. The third kappa shape index (κ3) is 3.33. The van der Waals surface area contributed by atoms with Crippen molar-refractivity contribution >= 4 is 17.4 Å². The van der Waals surface area contributed by atoms with Gasteiger partial charge in [0.25, 0.3) is 0 Å². The first-order chi connectivity index (χ1) is 8.70. The maximum atomic E-state index is 9.25. The number of nitrogens with zero attached hydrogens (tertiary/aromatic N) is 3. The largest absolute Gasteiger partial charge is 0.395 e. The molecular formula is C13H20ClN3O. The van der Waals surface area contributed by atoms with E-state index >= 15 is 0 Å². The highest BCUT2D eigenvalue weighted by atomic mass is 35.5. The molecule has 0 saturated heterocycles. The molecule has 0 spiro atoms. The summed E-state index contributed by atoms with van der Waals surface area (Å²) in [4.78, 5) is 10.7. The molecule has 2 rings (SSSR count). The molecule has 1 fully saturated rings. The zero-order chi connectivity index (χ0) is 13.0. The first kappa shape index (κ1) is 13.6. The van der Waals surface area contributed by atoms with Crippen LogP contribution in [0.15, 0.2) is 6.07 Å². The molecule has 1 aromatic rings. The monoisotopic (exact) mass is 269 g/mol. The average Bonchev–Trinajstić information content (AvgIpc) is 2.36. The fourth-order valence-corrected chi connectivity index (χ4v) is 2.87. The highest BCUT2D eigenvalue weighted by Gasteiger charge is 2.22. The minimum atomic E-state index is 0.136. The lowest BCUT2D eigenvalue weighted by atomic mass is 9.94. The standard InChI is InChI=1S/C13H20ClN3O/c1-10-15-12(14)9-13(16-10)17(7-8-18)11-5-3-2-4-6-11/h9,11,18H,2-8H2,1H3. The second-order valence-electron chi connectivity index (χ2n) is 4.80. The summed E-state index contributed by atoms with van der Waals surface area (Å²) in [5.74, 6) is 1.52. The number of aliphatic hydroxyl groups excluding tert-OH is 1. The van der Waals surface area contributed by atoms with E-state index in [2.05, 4.69) is 14.9 Å². The van der Waals surface area contributed by atoms with Crippen LogP contribution in [-0.4, -0.2) is 34.3 Å². The van der Waals surface area contributed by atoms with Gasteiger partial charge in [-0.3, -0.25) is 0 Å². The molecule has 0 amide bonds. The molecule has 4 nitrogen and oxygen atoms in total. The quantitative estimate of drug-likeness (QED) is 0.854. The summed E-state index contributed by atoms with van der Waals surface area (Å²) >= 11 is 5.99. The Hall–Kier alpha value is -0.870. The second kappa shape index (κ2) is 6.34. The second-order valence-corrected chi connectivity index (χ2v) is 5.19. The molecule has 1 aliphatic carbocycles. The summed E-state index contributed by atoms with van der Waals surface area (Å²) in [5.41, 5.74) is 0. The molecule has 0 aliphatic heterocycles. The van der Waals surface area contributed by atoms with E-state index in [1.165, 1.54) is 32.1 Å². The Labute approximate surface area is 113 Å². The average molecular weight is 270 g/mol. The predicted octanol–water partition coefficient (Wildman–Crippen LogP) is 2.57. The topological polar surface area (TPSA) is 49.2 Å². The molecule has 100 valence electrons. The lowest BCUT2D eigenvalue weighted by Crippen LogP contribution is -2.39. The lowest BCUT2D eigenvalue weighted by molar-refractivity contribution is 0.289. The van der Waals surface area contributed by atoms with Gasteiger partial charge >= 0.3 is 0 Å². The lowest BCUT2D eigenvalue weighted by Gasteiger charge is -2.35. The first-order valence-electron chi connectivity index (χ1n) is 6.59. The number of aromatic nitrogens is 2. The van der Waals surface area contributed by atoms with Gasteiger partial charge in [-0.25, -0.2) is 9.97 Å². The van der Waals surface area contributed by atoms with E-state index in [1.54, 1.807) is 6.07 Å². The van der Waals surface area contributed by atoms with Crippen molar-refractivity contribution in [2.75, 3.05) is 18.1 Å². The Kier molecular flexibility index (Phi) is 4.78. The van der Waals surface area contributed by atoms with Crippen molar-refractivity contribution in [1.82, 2.24) is 9.97 Å². The number of halogens is 1. The predicted molar refractivity (Wildman–Crippen MR) is 73.1 cm³/mol. The molecule has 1 aliphatic rings. The normalized spacial score (nSPS) is 16.8. The van der Waals surface area contributed by atoms with Crippen molar-refractivity contribution in [3.8, 4) is 0 Å².